The van der Waals surface area contributed by atoms with Crippen molar-refractivity contribution in [2.45, 2.75) is 25.4 Å². The number of hydrogen-bond acceptors (Lipinski definition) is 5. The third-order valence-corrected chi connectivity index (χ3v) is 4.02. The van der Waals surface area contributed by atoms with E-state index < -0.39 is 0 Å². The van der Waals surface area contributed by atoms with Crippen LogP contribution < -0.4 is 5.73 Å². The molecule has 2 rings (SSSR count). The molecular formula is C11H20N4S. The molecule has 0 bridgehead atoms. The lowest BCUT2D eigenvalue weighted by molar-refractivity contribution is 0.138. The summed E-state index contributed by atoms with van der Waals surface area (Å²) in [6.45, 7) is 3.32. The van der Waals surface area contributed by atoms with E-state index in [4.69, 9.17) is 5.73 Å². The second-order valence-corrected chi connectivity index (χ2v) is 5.52. The van der Waals surface area contributed by atoms with E-state index in [2.05, 4.69) is 34.3 Å². The van der Waals surface area contributed by atoms with Gasteiger partial charge in [-0.25, -0.2) is 4.98 Å². The Bertz CT molecular complexity index is 330. The summed E-state index contributed by atoms with van der Waals surface area (Å²) in [5.41, 5.74) is 6.73. The van der Waals surface area contributed by atoms with Crippen molar-refractivity contribution in [1.29, 1.82) is 0 Å². The van der Waals surface area contributed by atoms with Crippen LogP contribution in [0.1, 0.15) is 18.5 Å². The van der Waals surface area contributed by atoms with E-state index in [0.29, 0.717) is 11.2 Å². The average Bonchev–Trinajstić information content (AvgIpc) is 2.65. The third kappa shape index (κ3) is 2.93. The van der Waals surface area contributed by atoms with Crippen molar-refractivity contribution in [1.82, 2.24) is 14.8 Å². The summed E-state index contributed by atoms with van der Waals surface area (Å²) < 4.78 is 0. The van der Waals surface area contributed by atoms with Crippen molar-refractivity contribution in [2.75, 3.05) is 32.9 Å². The van der Waals surface area contributed by atoms with Gasteiger partial charge in [0.05, 0.1) is 5.69 Å². The van der Waals surface area contributed by atoms with E-state index >= 15 is 0 Å². The molecule has 1 aromatic heterocycles. The quantitative estimate of drug-likeness (QED) is 0.864. The van der Waals surface area contributed by atoms with Crippen LogP contribution in [0.4, 0.5) is 5.13 Å². The molecule has 4 nitrogen and oxygen atoms in total. The topological polar surface area (TPSA) is 45.4 Å². The molecule has 5 heteroatoms. The number of piperidine rings is 1. The molecule has 0 aromatic carbocycles. The second-order valence-electron chi connectivity index (χ2n) is 4.63. The Kier molecular flexibility index (Phi) is 3.78. The summed E-state index contributed by atoms with van der Waals surface area (Å²) >= 11 is 1.53. The number of thiazole rings is 1. The molecule has 0 atom stereocenters. The standard InChI is InChI=1S/C11H20N4S/c1-14-5-3-10(4-6-14)15(2)7-9-8-16-11(12)13-9/h8,10H,3-7H2,1-2H3,(H2,12,13). The number of likely N-dealkylation sites (tertiary alicyclic amines) is 1. The van der Waals surface area contributed by atoms with E-state index in [1.165, 1.54) is 37.3 Å². The van der Waals surface area contributed by atoms with Crippen LogP contribution in [0.15, 0.2) is 5.38 Å². The van der Waals surface area contributed by atoms with Crippen LogP contribution in [-0.4, -0.2) is 48.0 Å². The first-order chi connectivity index (χ1) is 7.65. The van der Waals surface area contributed by atoms with Crippen LogP contribution in [0.5, 0.6) is 0 Å². The minimum absolute atomic E-state index is 0.673. The highest BCUT2D eigenvalue weighted by atomic mass is 32.1. The van der Waals surface area contributed by atoms with Crippen molar-refractivity contribution in [3.05, 3.63) is 11.1 Å². The Labute approximate surface area is 101 Å². The molecule has 0 radical (unpaired) electrons. The molecular weight excluding hydrogens is 220 g/mol. The normalized spacial score (nSPS) is 19.4. The van der Waals surface area contributed by atoms with Gasteiger partial charge in [-0.05, 0) is 40.0 Å². The van der Waals surface area contributed by atoms with E-state index in [1.54, 1.807) is 0 Å². The Hall–Kier alpha value is -0.650. The molecule has 2 heterocycles. The van der Waals surface area contributed by atoms with Crippen molar-refractivity contribution in [3.8, 4) is 0 Å². The third-order valence-electron chi connectivity index (χ3n) is 3.29. The molecule has 0 saturated carbocycles. The molecule has 1 saturated heterocycles. The minimum Gasteiger partial charge on any atom is -0.375 e. The average molecular weight is 240 g/mol. The zero-order chi connectivity index (χ0) is 11.5. The molecule has 0 unspecified atom stereocenters. The van der Waals surface area contributed by atoms with Crippen LogP contribution in [0.2, 0.25) is 0 Å². The molecule has 0 spiro atoms. The lowest BCUT2D eigenvalue weighted by atomic mass is 10.0. The molecule has 90 valence electrons. The van der Waals surface area contributed by atoms with Crippen LogP contribution >= 0.6 is 11.3 Å². The summed E-state index contributed by atoms with van der Waals surface area (Å²) in [7, 11) is 4.38. The lowest BCUT2D eigenvalue weighted by Crippen LogP contribution is -2.41. The summed E-state index contributed by atoms with van der Waals surface area (Å²) in [6.07, 6.45) is 2.51. The van der Waals surface area contributed by atoms with Gasteiger partial charge in [0.2, 0.25) is 0 Å². The number of rotatable bonds is 3. The van der Waals surface area contributed by atoms with Gasteiger partial charge in [0.25, 0.3) is 0 Å². The Balaban J connectivity index is 1.85. The zero-order valence-electron chi connectivity index (χ0n) is 10.0. The highest BCUT2D eigenvalue weighted by Gasteiger charge is 2.20. The second kappa shape index (κ2) is 5.12. The molecule has 1 aliphatic heterocycles. The van der Waals surface area contributed by atoms with Gasteiger partial charge in [0.15, 0.2) is 5.13 Å². The molecule has 16 heavy (non-hydrogen) atoms. The minimum atomic E-state index is 0.673. The van der Waals surface area contributed by atoms with Crippen molar-refractivity contribution in [2.24, 2.45) is 0 Å². The smallest absolute Gasteiger partial charge is 0.180 e. The fourth-order valence-electron chi connectivity index (χ4n) is 2.22. The van der Waals surface area contributed by atoms with Gasteiger partial charge in [-0.3, -0.25) is 4.90 Å². The maximum atomic E-state index is 5.63. The number of anilines is 1. The Morgan fingerprint density at radius 1 is 1.56 bits per heavy atom. The summed E-state index contributed by atoms with van der Waals surface area (Å²) in [4.78, 5) is 9.10. The largest absolute Gasteiger partial charge is 0.375 e. The Morgan fingerprint density at radius 3 is 2.81 bits per heavy atom. The first-order valence-electron chi connectivity index (χ1n) is 5.74. The highest BCUT2D eigenvalue weighted by molar-refractivity contribution is 7.13. The SMILES string of the molecule is CN1CCC(N(C)Cc2csc(N)n2)CC1. The van der Waals surface area contributed by atoms with Crippen molar-refractivity contribution in [3.63, 3.8) is 0 Å². The number of nitrogens with zero attached hydrogens (tertiary/aromatic N) is 3. The van der Waals surface area contributed by atoms with Crippen LogP contribution in [-0.2, 0) is 6.54 Å². The number of aromatic nitrogens is 1. The van der Waals surface area contributed by atoms with Gasteiger partial charge in [0, 0.05) is 18.0 Å². The van der Waals surface area contributed by atoms with Gasteiger partial charge < -0.3 is 10.6 Å². The predicted octanol–water partition coefficient (Wildman–Crippen LogP) is 1.25. The van der Waals surface area contributed by atoms with Gasteiger partial charge in [-0.1, -0.05) is 0 Å². The lowest BCUT2D eigenvalue weighted by Gasteiger charge is -2.34. The monoisotopic (exact) mass is 240 g/mol. The fourth-order valence-corrected chi connectivity index (χ4v) is 2.77. The van der Waals surface area contributed by atoms with E-state index in [1.807, 2.05) is 0 Å². The maximum absolute atomic E-state index is 5.63. The Morgan fingerprint density at radius 2 is 2.25 bits per heavy atom. The van der Waals surface area contributed by atoms with E-state index in [0.717, 1.165) is 12.2 Å². The maximum Gasteiger partial charge on any atom is 0.180 e. The first kappa shape index (κ1) is 11.8. The van der Waals surface area contributed by atoms with Crippen LogP contribution in [0, 0.1) is 0 Å². The van der Waals surface area contributed by atoms with E-state index in [-0.39, 0.29) is 0 Å². The molecule has 2 N–H and O–H groups in total. The van der Waals surface area contributed by atoms with Crippen LogP contribution in [0.25, 0.3) is 0 Å². The van der Waals surface area contributed by atoms with Gasteiger partial charge in [-0.15, -0.1) is 11.3 Å². The summed E-state index contributed by atoms with van der Waals surface area (Å²) in [6, 6.07) is 0.694. The molecule has 1 fully saturated rings. The van der Waals surface area contributed by atoms with Gasteiger partial charge >= 0.3 is 0 Å². The van der Waals surface area contributed by atoms with Crippen molar-refractivity contribution < 1.29 is 0 Å². The number of hydrogen-bond donors (Lipinski definition) is 1. The van der Waals surface area contributed by atoms with Crippen molar-refractivity contribution >= 4 is 16.5 Å². The van der Waals surface area contributed by atoms with E-state index in [9.17, 15) is 0 Å². The predicted molar refractivity (Wildman–Crippen MR) is 68.5 cm³/mol. The summed E-state index contributed by atoms with van der Waals surface area (Å²) in [5.74, 6) is 0. The molecule has 0 aliphatic carbocycles. The molecule has 1 aromatic rings. The fraction of sp³-hybridized carbons (Fsp3) is 0.727. The number of nitrogens with two attached hydrogens (primary N) is 1. The first-order valence-corrected chi connectivity index (χ1v) is 6.62. The number of nitrogen functional groups attached to an aromatic ring is 1. The molecule has 0 amide bonds. The molecule has 1 aliphatic rings. The summed E-state index contributed by atoms with van der Waals surface area (Å²) in [5, 5.41) is 2.73. The van der Waals surface area contributed by atoms with Gasteiger partial charge in [-0.2, -0.15) is 0 Å². The van der Waals surface area contributed by atoms with Crippen LogP contribution in [0.3, 0.4) is 0 Å². The van der Waals surface area contributed by atoms with Gasteiger partial charge in [0.1, 0.15) is 0 Å². The highest BCUT2D eigenvalue weighted by Crippen LogP contribution is 2.18. The zero-order valence-corrected chi connectivity index (χ0v) is 10.8.